The third-order valence-electron chi connectivity index (χ3n) is 3.05. The Hall–Kier alpha value is -1.93. The molecule has 0 unspecified atom stereocenters. The molecular formula is C13H15FN2O4S. The van der Waals surface area contributed by atoms with Crippen molar-refractivity contribution in [3.63, 3.8) is 0 Å². The fourth-order valence-corrected chi connectivity index (χ4v) is 2.83. The highest BCUT2D eigenvalue weighted by molar-refractivity contribution is 7.89. The summed E-state index contributed by atoms with van der Waals surface area (Å²) in [6.45, 7) is 3.43. The monoisotopic (exact) mass is 314 g/mol. The Morgan fingerprint density at radius 1 is 1.38 bits per heavy atom. The van der Waals surface area contributed by atoms with Gasteiger partial charge in [-0.25, -0.2) is 17.5 Å². The smallest absolute Gasteiger partial charge is 0.240 e. The van der Waals surface area contributed by atoms with Gasteiger partial charge in [0.1, 0.15) is 5.76 Å². The maximum atomic E-state index is 13.6. The van der Waals surface area contributed by atoms with E-state index in [1.807, 2.05) is 0 Å². The Morgan fingerprint density at radius 2 is 2.10 bits per heavy atom. The average molecular weight is 314 g/mol. The van der Waals surface area contributed by atoms with E-state index in [9.17, 15) is 12.8 Å². The molecule has 1 aromatic heterocycles. The molecule has 0 aliphatic heterocycles. The van der Waals surface area contributed by atoms with Crippen molar-refractivity contribution in [1.82, 2.24) is 9.88 Å². The summed E-state index contributed by atoms with van der Waals surface area (Å²) in [5, 5.41) is 3.74. The molecule has 8 heteroatoms. The Bertz CT molecular complexity index is 736. The van der Waals surface area contributed by atoms with E-state index in [1.165, 1.54) is 19.2 Å². The first kappa shape index (κ1) is 15.5. The van der Waals surface area contributed by atoms with Gasteiger partial charge in [-0.05, 0) is 32.0 Å². The topological polar surface area (TPSA) is 81.4 Å². The lowest BCUT2D eigenvalue weighted by atomic mass is 10.2. The molecule has 2 aromatic rings. The minimum atomic E-state index is -3.83. The number of sulfonamides is 1. The quantitative estimate of drug-likeness (QED) is 0.912. The summed E-state index contributed by atoms with van der Waals surface area (Å²) >= 11 is 0. The van der Waals surface area contributed by atoms with Crippen molar-refractivity contribution in [2.75, 3.05) is 7.11 Å². The molecule has 1 heterocycles. The Balaban J connectivity index is 2.21. The summed E-state index contributed by atoms with van der Waals surface area (Å²) in [6.07, 6.45) is 0. The second kappa shape index (κ2) is 5.82. The van der Waals surface area contributed by atoms with Gasteiger partial charge in [0.25, 0.3) is 0 Å². The van der Waals surface area contributed by atoms with E-state index >= 15 is 0 Å². The van der Waals surface area contributed by atoms with Gasteiger partial charge >= 0.3 is 0 Å². The minimum absolute atomic E-state index is 0.0142. The van der Waals surface area contributed by atoms with Crippen molar-refractivity contribution in [2.24, 2.45) is 0 Å². The molecular weight excluding hydrogens is 299 g/mol. The van der Waals surface area contributed by atoms with Crippen LogP contribution < -0.4 is 9.46 Å². The summed E-state index contributed by atoms with van der Waals surface area (Å²) < 4.78 is 49.9. The molecule has 0 atom stereocenters. The zero-order valence-electron chi connectivity index (χ0n) is 11.8. The van der Waals surface area contributed by atoms with E-state index in [0.29, 0.717) is 17.0 Å². The number of hydrogen-bond acceptors (Lipinski definition) is 5. The van der Waals surface area contributed by atoms with E-state index < -0.39 is 15.8 Å². The number of halogens is 1. The average Bonchev–Trinajstić information content (AvgIpc) is 2.76. The second-order valence-electron chi connectivity index (χ2n) is 4.42. The van der Waals surface area contributed by atoms with E-state index in [0.717, 1.165) is 6.07 Å². The summed E-state index contributed by atoms with van der Waals surface area (Å²) in [5.41, 5.74) is 1.27. The van der Waals surface area contributed by atoms with Crippen molar-refractivity contribution >= 4 is 10.0 Å². The van der Waals surface area contributed by atoms with Crippen LogP contribution in [0.1, 0.15) is 17.0 Å². The number of methoxy groups -OCH3 is 1. The third kappa shape index (κ3) is 3.22. The van der Waals surface area contributed by atoms with Crippen LogP contribution in [-0.2, 0) is 16.6 Å². The summed E-state index contributed by atoms with van der Waals surface area (Å²) in [6, 6.07) is 3.45. The fourth-order valence-electron chi connectivity index (χ4n) is 1.82. The molecule has 1 N–H and O–H groups in total. The SMILES string of the molecule is COc1ccc(S(=O)(=O)NCc2c(C)noc2C)cc1F. The molecule has 0 fully saturated rings. The van der Waals surface area contributed by atoms with Crippen LogP contribution in [0.4, 0.5) is 4.39 Å². The highest BCUT2D eigenvalue weighted by Crippen LogP contribution is 2.21. The number of rotatable bonds is 5. The molecule has 0 saturated carbocycles. The zero-order valence-corrected chi connectivity index (χ0v) is 12.6. The van der Waals surface area contributed by atoms with Crippen LogP contribution in [0.2, 0.25) is 0 Å². The van der Waals surface area contributed by atoms with Crippen LogP contribution in [0.5, 0.6) is 5.75 Å². The maximum absolute atomic E-state index is 13.6. The second-order valence-corrected chi connectivity index (χ2v) is 6.19. The summed E-state index contributed by atoms with van der Waals surface area (Å²) in [4.78, 5) is -0.174. The van der Waals surface area contributed by atoms with Crippen LogP contribution in [0.3, 0.4) is 0 Å². The molecule has 114 valence electrons. The molecule has 2 rings (SSSR count). The molecule has 1 aromatic carbocycles. The normalized spacial score (nSPS) is 11.6. The number of nitrogens with zero attached hydrogens (tertiary/aromatic N) is 1. The number of aryl methyl sites for hydroxylation is 2. The molecule has 21 heavy (non-hydrogen) atoms. The van der Waals surface area contributed by atoms with Gasteiger partial charge in [0.05, 0.1) is 17.7 Å². The number of ether oxygens (including phenoxy) is 1. The number of nitrogens with one attached hydrogen (secondary N) is 1. The Morgan fingerprint density at radius 3 is 2.62 bits per heavy atom. The van der Waals surface area contributed by atoms with Crippen molar-refractivity contribution in [3.05, 3.63) is 41.0 Å². The van der Waals surface area contributed by atoms with Crippen molar-refractivity contribution in [3.8, 4) is 5.75 Å². The molecule has 0 aliphatic rings. The molecule has 0 aliphatic carbocycles. The molecule has 0 amide bonds. The van der Waals surface area contributed by atoms with E-state index in [2.05, 4.69) is 9.88 Å². The minimum Gasteiger partial charge on any atom is -0.494 e. The molecule has 0 bridgehead atoms. The van der Waals surface area contributed by atoms with Crippen LogP contribution in [0, 0.1) is 19.7 Å². The fraction of sp³-hybridized carbons (Fsp3) is 0.308. The van der Waals surface area contributed by atoms with Gasteiger partial charge in [-0.3, -0.25) is 0 Å². The first-order valence-corrected chi connectivity index (χ1v) is 7.58. The van der Waals surface area contributed by atoms with Crippen molar-refractivity contribution in [1.29, 1.82) is 0 Å². The molecule has 0 radical (unpaired) electrons. The number of hydrogen-bond donors (Lipinski definition) is 1. The van der Waals surface area contributed by atoms with Crippen LogP contribution in [-0.4, -0.2) is 20.7 Å². The standard InChI is InChI=1S/C13H15FN2O4S/c1-8-11(9(2)20-16-8)7-15-21(17,18)10-4-5-13(19-3)12(14)6-10/h4-6,15H,7H2,1-3H3. The lowest BCUT2D eigenvalue weighted by molar-refractivity contribution is 0.385. The van der Waals surface area contributed by atoms with Gasteiger partial charge in [-0.2, -0.15) is 0 Å². The zero-order chi connectivity index (χ0) is 15.6. The molecule has 0 spiro atoms. The first-order chi connectivity index (χ1) is 9.85. The van der Waals surface area contributed by atoms with E-state index in [4.69, 9.17) is 9.26 Å². The highest BCUT2D eigenvalue weighted by Gasteiger charge is 2.18. The Kier molecular flexibility index (Phi) is 4.29. The van der Waals surface area contributed by atoms with Gasteiger partial charge in [-0.1, -0.05) is 5.16 Å². The predicted octanol–water partition coefficient (Wildman–Crippen LogP) is 1.92. The molecule has 6 nitrogen and oxygen atoms in total. The van der Waals surface area contributed by atoms with Crippen LogP contribution in [0.25, 0.3) is 0 Å². The lowest BCUT2D eigenvalue weighted by Gasteiger charge is -2.08. The number of benzene rings is 1. The van der Waals surface area contributed by atoms with Crippen molar-refractivity contribution in [2.45, 2.75) is 25.3 Å². The van der Waals surface area contributed by atoms with Gasteiger partial charge in [0, 0.05) is 12.1 Å². The lowest BCUT2D eigenvalue weighted by Crippen LogP contribution is -2.23. The number of aromatic nitrogens is 1. The van der Waals surface area contributed by atoms with Gasteiger partial charge in [0.15, 0.2) is 11.6 Å². The first-order valence-electron chi connectivity index (χ1n) is 6.10. The largest absolute Gasteiger partial charge is 0.494 e. The Labute approximate surface area is 122 Å². The summed E-state index contributed by atoms with van der Waals surface area (Å²) in [7, 11) is -2.52. The third-order valence-corrected chi connectivity index (χ3v) is 4.45. The highest BCUT2D eigenvalue weighted by atomic mass is 32.2. The van der Waals surface area contributed by atoms with Crippen LogP contribution in [0.15, 0.2) is 27.6 Å². The van der Waals surface area contributed by atoms with Crippen molar-refractivity contribution < 1.29 is 22.1 Å². The molecule has 0 saturated heterocycles. The van der Waals surface area contributed by atoms with E-state index in [1.54, 1.807) is 13.8 Å². The van der Waals surface area contributed by atoms with E-state index in [-0.39, 0.29) is 17.2 Å². The van der Waals surface area contributed by atoms with Gasteiger partial charge in [-0.15, -0.1) is 0 Å². The summed E-state index contributed by atoms with van der Waals surface area (Å²) in [5.74, 6) is -0.214. The van der Waals surface area contributed by atoms with Gasteiger partial charge < -0.3 is 9.26 Å². The van der Waals surface area contributed by atoms with Gasteiger partial charge in [0.2, 0.25) is 10.0 Å². The van der Waals surface area contributed by atoms with Crippen LogP contribution >= 0.6 is 0 Å². The predicted molar refractivity (Wildman–Crippen MR) is 73.0 cm³/mol. The maximum Gasteiger partial charge on any atom is 0.240 e.